The smallest absolute Gasteiger partial charge is 0.407 e. The van der Waals surface area contributed by atoms with Crippen molar-refractivity contribution in [2.45, 2.75) is 59.6 Å². The molecule has 0 heterocycles. The molecule has 1 saturated carbocycles. The number of hydrogen-bond acceptors (Lipinski definition) is 3. The Bertz CT molecular complexity index is 328. The second-order valence-electron chi connectivity index (χ2n) is 6.46. The molecule has 0 spiro atoms. The molecule has 0 aromatic heterocycles. The lowest BCUT2D eigenvalue weighted by atomic mass is 10.1. The molecule has 1 aliphatic rings. The normalized spacial score (nSPS) is 26.2. The summed E-state index contributed by atoms with van der Waals surface area (Å²) in [4.78, 5) is 22.7. The van der Waals surface area contributed by atoms with Gasteiger partial charge in [0.1, 0.15) is 11.4 Å². The molecule has 0 aliphatic heterocycles. The third kappa shape index (κ3) is 3.72. The van der Waals surface area contributed by atoms with Crippen molar-refractivity contribution in [1.29, 1.82) is 0 Å². The van der Waals surface area contributed by atoms with Crippen molar-refractivity contribution in [3.63, 3.8) is 0 Å². The van der Waals surface area contributed by atoms with Crippen molar-refractivity contribution in [2.75, 3.05) is 0 Å². The lowest BCUT2D eigenvalue weighted by molar-refractivity contribution is -0.117. The van der Waals surface area contributed by atoms with Crippen molar-refractivity contribution < 1.29 is 14.3 Å². The van der Waals surface area contributed by atoms with Gasteiger partial charge in [0.25, 0.3) is 0 Å². The summed E-state index contributed by atoms with van der Waals surface area (Å²) in [5.74, 6) is 0.393. The van der Waals surface area contributed by atoms with Crippen LogP contribution in [0.3, 0.4) is 0 Å². The lowest BCUT2D eigenvalue weighted by Gasteiger charge is -2.20. The first kappa shape index (κ1) is 14.0. The molecular weight excluding hydrogens is 218 g/mol. The number of Topliss-reactive ketones (excluding diaryl/α,β-unsaturated/α-hetero) is 1. The summed E-state index contributed by atoms with van der Waals surface area (Å²) in [5, 5.41) is 2.84. The van der Waals surface area contributed by atoms with E-state index in [1.165, 1.54) is 0 Å². The van der Waals surface area contributed by atoms with Gasteiger partial charge in [0, 0.05) is 12.5 Å². The summed E-state index contributed by atoms with van der Waals surface area (Å²) in [5.41, 5.74) is -0.498. The van der Waals surface area contributed by atoms with E-state index >= 15 is 0 Å². The molecule has 1 rings (SSSR count). The number of hydrogen-bond donors (Lipinski definition) is 1. The Morgan fingerprint density at radius 1 is 1.29 bits per heavy atom. The minimum Gasteiger partial charge on any atom is -0.444 e. The minimum absolute atomic E-state index is 0.0113. The minimum atomic E-state index is -0.487. The number of carbonyl (C=O) groups is 2. The highest BCUT2D eigenvalue weighted by atomic mass is 16.6. The third-order valence-corrected chi connectivity index (χ3v) is 3.23. The molecular formula is C13H23NO3. The van der Waals surface area contributed by atoms with Gasteiger partial charge in [0.15, 0.2) is 0 Å². The Kier molecular flexibility index (Phi) is 3.55. The van der Waals surface area contributed by atoms with Crippen LogP contribution < -0.4 is 5.32 Å². The van der Waals surface area contributed by atoms with Gasteiger partial charge in [0.2, 0.25) is 0 Å². The second-order valence-corrected chi connectivity index (χ2v) is 6.46. The van der Waals surface area contributed by atoms with Gasteiger partial charge < -0.3 is 14.8 Å². The molecule has 2 atom stereocenters. The number of carbonyl (C=O) groups excluding carboxylic acids is 2. The maximum atomic E-state index is 11.6. The molecule has 1 aliphatic carbocycles. The zero-order valence-corrected chi connectivity index (χ0v) is 11.6. The Labute approximate surface area is 103 Å². The van der Waals surface area contributed by atoms with E-state index in [-0.39, 0.29) is 23.2 Å². The van der Waals surface area contributed by atoms with Gasteiger partial charge in [-0.05, 0) is 39.0 Å². The Balaban J connectivity index is 2.48. The first-order valence-corrected chi connectivity index (χ1v) is 6.03. The van der Waals surface area contributed by atoms with Crippen molar-refractivity contribution >= 4 is 11.9 Å². The molecule has 1 N–H and O–H groups in total. The van der Waals surface area contributed by atoms with E-state index in [2.05, 4.69) is 19.2 Å². The predicted octanol–water partition coefficient (Wildman–Crippen LogP) is 2.51. The fraction of sp³-hybridized carbons (Fsp3) is 0.846. The van der Waals surface area contributed by atoms with Gasteiger partial charge in [0.05, 0.1) is 0 Å². The van der Waals surface area contributed by atoms with Crippen molar-refractivity contribution in [2.24, 2.45) is 11.3 Å². The van der Waals surface area contributed by atoms with E-state index in [4.69, 9.17) is 4.74 Å². The van der Waals surface area contributed by atoms with Crippen LogP contribution in [0.15, 0.2) is 0 Å². The van der Waals surface area contributed by atoms with Gasteiger partial charge in [-0.25, -0.2) is 4.79 Å². The van der Waals surface area contributed by atoms with Gasteiger partial charge in [-0.1, -0.05) is 13.8 Å². The molecule has 0 aromatic rings. The number of rotatable bonds is 3. The van der Waals surface area contributed by atoms with Crippen LogP contribution in [0.1, 0.15) is 48.0 Å². The topological polar surface area (TPSA) is 55.4 Å². The van der Waals surface area contributed by atoms with Crippen molar-refractivity contribution in [3.05, 3.63) is 0 Å². The molecule has 17 heavy (non-hydrogen) atoms. The summed E-state index contributed by atoms with van der Waals surface area (Å²) in [6, 6.07) is 0.0428. The molecule has 0 aromatic carbocycles. The quantitative estimate of drug-likeness (QED) is 0.826. The number of amides is 1. The summed E-state index contributed by atoms with van der Waals surface area (Å²) in [6.45, 7) is 11.2. The maximum Gasteiger partial charge on any atom is 0.407 e. The van der Waals surface area contributed by atoms with Crippen LogP contribution >= 0.6 is 0 Å². The van der Waals surface area contributed by atoms with E-state index in [0.29, 0.717) is 6.42 Å². The molecule has 0 saturated heterocycles. The molecule has 1 fully saturated rings. The number of ketones is 1. The van der Waals surface area contributed by atoms with Gasteiger partial charge in [-0.3, -0.25) is 0 Å². The number of alkyl carbamates (subject to hydrolysis) is 1. The second kappa shape index (κ2) is 4.31. The fourth-order valence-corrected chi connectivity index (χ4v) is 2.16. The monoisotopic (exact) mass is 241 g/mol. The summed E-state index contributed by atoms with van der Waals surface area (Å²) in [7, 11) is 0. The van der Waals surface area contributed by atoms with Crippen LogP contribution in [-0.2, 0) is 9.53 Å². The van der Waals surface area contributed by atoms with Crippen LogP contribution in [0, 0.1) is 11.3 Å². The van der Waals surface area contributed by atoms with Crippen LogP contribution in [0.5, 0.6) is 0 Å². The van der Waals surface area contributed by atoms with Gasteiger partial charge in [-0.2, -0.15) is 0 Å². The Morgan fingerprint density at radius 2 is 1.82 bits per heavy atom. The molecule has 1 amide bonds. The van der Waals surface area contributed by atoms with Crippen LogP contribution in [0.4, 0.5) is 4.79 Å². The van der Waals surface area contributed by atoms with E-state index in [9.17, 15) is 9.59 Å². The maximum absolute atomic E-state index is 11.6. The highest BCUT2D eigenvalue weighted by molar-refractivity contribution is 5.77. The number of ether oxygens (including phenoxy) is 1. The van der Waals surface area contributed by atoms with E-state index in [1.807, 2.05) is 20.8 Å². The van der Waals surface area contributed by atoms with Crippen LogP contribution in [0.25, 0.3) is 0 Å². The summed E-state index contributed by atoms with van der Waals surface area (Å²) < 4.78 is 5.20. The van der Waals surface area contributed by atoms with Crippen molar-refractivity contribution in [1.82, 2.24) is 5.32 Å². The molecule has 98 valence electrons. The Morgan fingerprint density at radius 3 is 2.24 bits per heavy atom. The summed E-state index contributed by atoms with van der Waals surface area (Å²) >= 11 is 0. The molecule has 0 bridgehead atoms. The van der Waals surface area contributed by atoms with Gasteiger partial charge >= 0.3 is 6.09 Å². The molecule has 4 nitrogen and oxygen atoms in total. The largest absolute Gasteiger partial charge is 0.444 e. The molecule has 4 heteroatoms. The number of nitrogens with one attached hydrogen (secondary N) is 1. The molecule has 0 unspecified atom stereocenters. The standard InChI is InChI=1S/C13H23NO3/c1-8(15)7-9-10(13(9,5)6)14-11(16)17-12(2,3)4/h9-10H,7H2,1-6H3,(H,14,16)/t9-,10+/m1/s1. The zero-order chi connectivity index (χ0) is 13.4. The highest BCUT2D eigenvalue weighted by Crippen LogP contribution is 2.53. The van der Waals surface area contributed by atoms with E-state index in [0.717, 1.165) is 0 Å². The van der Waals surface area contributed by atoms with Crippen molar-refractivity contribution in [3.8, 4) is 0 Å². The average molecular weight is 241 g/mol. The lowest BCUT2D eigenvalue weighted by Crippen LogP contribution is -2.35. The molecule has 0 radical (unpaired) electrons. The Hall–Kier alpha value is -1.06. The predicted molar refractivity (Wildman–Crippen MR) is 65.7 cm³/mol. The van der Waals surface area contributed by atoms with E-state index < -0.39 is 11.7 Å². The first-order chi connectivity index (χ1) is 7.54. The fourth-order valence-electron chi connectivity index (χ4n) is 2.16. The summed E-state index contributed by atoms with van der Waals surface area (Å²) in [6.07, 6.45) is 0.120. The third-order valence-electron chi connectivity index (χ3n) is 3.23. The van der Waals surface area contributed by atoms with Crippen LogP contribution in [0.2, 0.25) is 0 Å². The zero-order valence-electron chi connectivity index (χ0n) is 11.6. The SMILES string of the molecule is CC(=O)C[C@@H]1[C@H](NC(=O)OC(C)(C)C)C1(C)C. The van der Waals surface area contributed by atoms with Crippen LogP contribution in [-0.4, -0.2) is 23.5 Å². The average Bonchev–Trinajstić information content (AvgIpc) is 2.50. The highest BCUT2D eigenvalue weighted by Gasteiger charge is 2.58. The van der Waals surface area contributed by atoms with Gasteiger partial charge in [-0.15, -0.1) is 0 Å². The first-order valence-electron chi connectivity index (χ1n) is 6.03. The van der Waals surface area contributed by atoms with E-state index in [1.54, 1.807) is 6.92 Å².